The van der Waals surface area contributed by atoms with E-state index in [1.807, 2.05) is 44.2 Å². The van der Waals surface area contributed by atoms with Crippen molar-refractivity contribution in [2.75, 3.05) is 13.2 Å². The molecule has 8 heteroatoms. The summed E-state index contributed by atoms with van der Waals surface area (Å²) in [5.74, 6) is 0.519. The van der Waals surface area contributed by atoms with Gasteiger partial charge in [-0.15, -0.1) is 11.3 Å². The Kier molecular flexibility index (Phi) is 7.79. The van der Waals surface area contributed by atoms with Crippen molar-refractivity contribution in [1.29, 1.82) is 0 Å². The van der Waals surface area contributed by atoms with Crippen molar-refractivity contribution in [2.24, 2.45) is 0 Å². The number of benzene rings is 2. The quantitative estimate of drug-likeness (QED) is 0.302. The number of likely N-dealkylation sites (N-methyl/N-ethyl adjacent to an activating group) is 1. The van der Waals surface area contributed by atoms with Gasteiger partial charge in [0.15, 0.2) is 0 Å². The fourth-order valence-electron chi connectivity index (χ4n) is 5.19. The maximum Gasteiger partial charge on any atom is 0.337 e. The van der Waals surface area contributed by atoms with E-state index in [1.165, 1.54) is 20.5 Å². The molecule has 0 N–H and O–H groups in total. The van der Waals surface area contributed by atoms with Gasteiger partial charge in [0.2, 0.25) is 5.91 Å². The van der Waals surface area contributed by atoms with E-state index >= 15 is 0 Å². The van der Waals surface area contributed by atoms with Crippen LogP contribution in [0, 0.1) is 0 Å². The molecule has 0 spiro atoms. The second kappa shape index (κ2) is 11.4. The van der Waals surface area contributed by atoms with Gasteiger partial charge in [0.25, 0.3) is 5.56 Å². The number of ether oxygens (including phenoxy) is 1. The first-order chi connectivity index (χ1) is 18.5. The van der Waals surface area contributed by atoms with Crippen LogP contribution in [0.2, 0.25) is 0 Å². The monoisotopic (exact) mass is 531 g/mol. The first-order valence-electron chi connectivity index (χ1n) is 13.4. The summed E-state index contributed by atoms with van der Waals surface area (Å²) >= 11 is 1.51. The minimum absolute atomic E-state index is 0.118. The maximum absolute atomic E-state index is 13.9. The van der Waals surface area contributed by atoms with E-state index in [-0.39, 0.29) is 18.0 Å². The Balaban J connectivity index is 1.63. The van der Waals surface area contributed by atoms with Crippen LogP contribution in [0.15, 0.2) is 64.2 Å². The second-order valence-corrected chi connectivity index (χ2v) is 10.7. The van der Waals surface area contributed by atoms with Gasteiger partial charge in [0.05, 0.1) is 17.7 Å². The summed E-state index contributed by atoms with van der Waals surface area (Å²) in [6.07, 6.45) is 4.92. The molecule has 0 saturated carbocycles. The van der Waals surface area contributed by atoms with E-state index < -0.39 is 5.69 Å². The molecule has 5 rings (SSSR count). The van der Waals surface area contributed by atoms with Crippen LogP contribution in [0.4, 0.5) is 0 Å². The average molecular weight is 532 g/mol. The molecule has 0 atom stereocenters. The molecule has 2 heterocycles. The Bertz CT molecular complexity index is 1550. The van der Waals surface area contributed by atoms with Crippen LogP contribution in [0.25, 0.3) is 15.9 Å². The van der Waals surface area contributed by atoms with Gasteiger partial charge in [-0.2, -0.15) is 0 Å². The lowest BCUT2D eigenvalue weighted by Crippen LogP contribution is -2.42. The van der Waals surface area contributed by atoms with E-state index in [0.717, 1.165) is 48.1 Å². The van der Waals surface area contributed by atoms with E-state index in [9.17, 15) is 14.4 Å². The highest BCUT2D eigenvalue weighted by Crippen LogP contribution is 2.33. The molecule has 0 aliphatic heterocycles. The molecule has 1 amide bonds. The highest BCUT2D eigenvalue weighted by Gasteiger charge is 2.25. The minimum Gasteiger partial charge on any atom is -0.494 e. The lowest BCUT2D eigenvalue weighted by Gasteiger charge is -2.22. The predicted octanol–water partition coefficient (Wildman–Crippen LogP) is 4.93. The van der Waals surface area contributed by atoms with Crippen LogP contribution in [0.3, 0.4) is 0 Å². The smallest absolute Gasteiger partial charge is 0.337 e. The van der Waals surface area contributed by atoms with E-state index in [2.05, 4.69) is 0 Å². The standard InChI is InChI=1S/C30H33N3O4S/c1-3-31(19-21-11-7-5-8-12-21)26(34)20-32-29-27(24-13-9-6-10-14-25(24)38-29)28(35)33(30(32)36)22-15-17-23(18-16-22)37-4-2/h5,7-8,11-12,15-18H,3-4,6,9-10,13-14,19-20H2,1-2H3. The van der Waals surface area contributed by atoms with Gasteiger partial charge in [-0.1, -0.05) is 36.8 Å². The zero-order chi connectivity index (χ0) is 26.6. The molecule has 2 aromatic heterocycles. The first-order valence-corrected chi connectivity index (χ1v) is 14.2. The van der Waals surface area contributed by atoms with Crippen LogP contribution in [0.1, 0.15) is 49.1 Å². The first kappa shape index (κ1) is 26.0. The van der Waals surface area contributed by atoms with Crippen molar-refractivity contribution in [1.82, 2.24) is 14.0 Å². The third-order valence-corrected chi connectivity index (χ3v) is 8.45. The number of rotatable bonds is 8. The molecule has 4 aromatic rings. The molecule has 2 aromatic carbocycles. The molecule has 0 unspecified atom stereocenters. The van der Waals surface area contributed by atoms with Crippen LogP contribution in [0.5, 0.6) is 5.75 Å². The lowest BCUT2D eigenvalue weighted by molar-refractivity contribution is -0.132. The summed E-state index contributed by atoms with van der Waals surface area (Å²) in [5, 5.41) is 0.583. The van der Waals surface area contributed by atoms with Crippen LogP contribution in [-0.2, 0) is 30.7 Å². The number of hydrogen-bond donors (Lipinski definition) is 0. The maximum atomic E-state index is 13.9. The van der Waals surface area contributed by atoms with Crippen LogP contribution in [-0.4, -0.2) is 33.1 Å². The molecule has 0 bridgehead atoms. The van der Waals surface area contributed by atoms with Gasteiger partial charge in [0, 0.05) is 18.0 Å². The van der Waals surface area contributed by atoms with Gasteiger partial charge in [-0.25, -0.2) is 9.36 Å². The number of aromatic nitrogens is 2. The Morgan fingerprint density at radius 2 is 1.71 bits per heavy atom. The zero-order valence-corrected chi connectivity index (χ0v) is 22.8. The molecule has 198 valence electrons. The summed E-state index contributed by atoms with van der Waals surface area (Å²) in [6, 6.07) is 16.8. The number of thiophene rings is 1. The van der Waals surface area contributed by atoms with Gasteiger partial charge in [-0.3, -0.25) is 14.2 Å². The average Bonchev–Trinajstić information content (AvgIpc) is 3.14. The predicted molar refractivity (Wildman–Crippen MR) is 152 cm³/mol. The molecule has 0 fully saturated rings. The molecule has 38 heavy (non-hydrogen) atoms. The zero-order valence-electron chi connectivity index (χ0n) is 21.9. The Morgan fingerprint density at radius 3 is 2.42 bits per heavy atom. The van der Waals surface area contributed by atoms with Crippen molar-refractivity contribution in [2.45, 2.75) is 59.0 Å². The SMILES string of the molecule is CCOc1ccc(-n2c(=O)c3c4c(sc3n(CC(=O)N(CC)Cc3ccccc3)c2=O)CCCCC4)cc1. The fraction of sp³-hybridized carbons (Fsp3) is 0.367. The molecule has 1 aliphatic rings. The Hall–Kier alpha value is -3.65. The van der Waals surface area contributed by atoms with Crippen LogP contribution >= 0.6 is 11.3 Å². The highest BCUT2D eigenvalue weighted by atomic mass is 32.1. The normalized spacial score (nSPS) is 13.2. The van der Waals surface area contributed by atoms with Crippen molar-refractivity contribution >= 4 is 27.5 Å². The molecule has 0 saturated heterocycles. The molecular weight excluding hydrogens is 498 g/mol. The molecule has 7 nitrogen and oxygen atoms in total. The number of carbonyl (C=O) groups excluding carboxylic acids is 1. The van der Waals surface area contributed by atoms with Gasteiger partial charge >= 0.3 is 5.69 Å². The number of aryl methyl sites for hydroxylation is 2. The van der Waals surface area contributed by atoms with Gasteiger partial charge in [-0.05, 0) is 74.9 Å². The number of hydrogen-bond acceptors (Lipinski definition) is 5. The third-order valence-electron chi connectivity index (χ3n) is 7.14. The molecular formula is C30H33N3O4S. The van der Waals surface area contributed by atoms with Gasteiger partial charge < -0.3 is 9.64 Å². The minimum atomic E-state index is -0.493. The number of carbonyl (C=O) groups is 1. The Morgan fingerprint density at radius 1 is 0.974 bits per heavy atom. The number of nitrogens with zero attached hydrogens (tertiary/aromatic N) is 3. The highest BCUT2D eigenvalue weighted by molar-refractivity contribution is 7.18. The van der Waals surface area contributed by atoms with Crippen LogP contribution < -0.4 is 16.0 Å². The topological polar surface area (TPSA) is 73.5 Å². The van der Waals surface area contributed by atoms with Crippen molar-refractivity contribution in [3.63, 3.8) is 0 Å². The number of amides is 1. The number of fused-ring (bicyclic) bond motifs is 3. The van der Waals surface area contributed by atoms with Gasteiger partial charge in [0.1, 0.15) is 17.1 Å². The summed E-state index contributed by atoms with van der Waals surface area (Å²) in [7, 11) is 0. The third kappa shape index (κ3) is 5.05. The lowest BCUT2D eigenvalue weighted by atomic mass is 10.1. The summed E-state index contributed by atoms with van der Waals surface area (Å²) in [4.78, 5) is 44.9. The van der Waals surface area contributed by atoms with E-state index in [1.54, 1.807) is 29.2 Å². The fourth-order valence-corrected chi connectivity index (χ4v) is 6.56. The second-order valence-electron chi connectivity index (χ2n) is 9.57. The largest absolute Gasteiger partial charge is 0.494 e. The summed E-state index contributed by atoms with van der Waals surface area (Å²) < 4.78 is 8.28. The summed E-state index contributed by atoms with van der Waals surface area (Å²) in [6.45, 7) is 5.23. The van der Waals surface area contributed by atoms with Crippen molar-refractivity contribution < 1.29 is 9.53 Å². The summed E-state index contributed by atoms with van der Waals surface area (Å²) in [5.41, 5.74) is 1.74. The van der Waals surface area contributed by atoms with Crippen molar-refractivity contribution in [3.05, 3.63) is 91.4 Å². The Labute approximate surface area is 225 Å². The van der Waals surface area contributed by atoms with E-state index in [4.69, 9.17) is 4.74 Å². The molecule has 0 radical (unpaired) electrons. The molecule has 1 aliphatic carbocycles. The van der Waals surface area contributed by atoms with Crippen molar-refractivity contribution in [3.8, 4) is 11.4 Å². The van der Waals surface area contributed by atoms with E-state index in [0.29, 0.717) is 41.3 Å².